The van der Waals surface area contributed by atoms with E-state index < -0.39 is 15.4 Å². The van der Waals surface area contributed by atoms with Gasteiger partial charge in [0.05, 0.1) is 24.2 Å². The molecule has 1 unspecified atom stereocenters. The molecule has 2 rings (SSSR count). The molecule has 0 saturated carbocycles. The Morgan fingerprint density at radius 1 is 1.37 bits per heavy atom. The summed E-state index contributed by atoms with van der Waals surface area (Å²) in [5.41, 5.74) is -0.522. The minimum absolute atomic E-state index is 0.0993. The molecular weight excluding hydrogens is 268 g/mol. The van der Waals surface area contributed by atoms with Crippen molar-refractivity contribution < 1.29 is 13.2 Å². The molecule has 19 heavy (non-hydrogen) atoms. The molecule has 8 heteroatoms. The molecule has 1 aromatic rings. The Kier molecular flexibility index (Phi) is 3.53. The van der Waals surface area contributed by atoms with Gasteiger partial charge in [0.2, 0.25) is 5.75 Å². The molecule has 2 heterocycles. The molecule has 0 aliphatic carbocycles. The number of hydrogen-bond acceptors (Lipinski definition) is 7. The first-order valence-corrected chi connectivity index (χ1v) is 7.77. The van der Waals surface area contributed by atoms with Crippen LogP contribution in [0.1, 0.15) is 13.3 Å². The molecule has 0 bridgehead atoms. The zero-order valence-electron chi connectivity index (χ0n) is 11.2. The van der Waals surface area contributed by atoms with Gasteiger partial charge in [0, 0.05) is 7.05 Å². The van der Waals surface area contributed by atoms with E-state index in [-0.39, 0.29) is 11.5 Å². The van der Waals surface area contributed by atoms with Crippen molar-refractivity contribution in [1.29, 1.82) is 0 Å². The van der Waals surface area contributed by atoms with E-state index in [9.17, 15) is 8.42 Å². The van der Waals surface area contributed by atoms with Gasteiger partial charge in [0.15, 0.2) is 21.5 Å². The fourth-order valence-electron chi connectivity index (χ4n) is 2.23. The maximum atomic E-state index is 11.6. The largest absolute Gasteiger partial charge is 0.490 e. The minimum atomic E-state index is -2.97. The highest BCUT2D eigenvalue weighted by Crippen LogP contribution is 2.33. The van der Waals surface area contributed by atoms with Crippen LogP contribution in [0.3, 0.4) is 0 Å². The second-order valence-electron chi connectivity index (χ2n) is 4.88. The summed E-state index contributed by atoms with van der Waals surface area (Å²) >= 11 is 0. The van der Waals surface area contributed by atoms with Gasteiger partial charge in [-0.25, -0.2) is 18.4 Å². The molecular formula is C11H18N4O3S. The number of aromatic nitrogens is 2. The van der Waals surface area contributed by atoms with Crippen molar-refractivity contribution in [2.24, 2.45) is 0 Å². The summed E-state index contributed by atoms with van der Waals surface area (Å²) in [7, 11) is 0.287. The average molecular weight is 286 g/mol. The second kappa shape index (κ2) is 4.84. The number of rotatable bonds is 4. The SMILES string of the molecule is CNc1ncnc(NC2(C)CCS(=O)(=O)C2)c1OC. The molecule has 0 amide bonds. The Morgan fingerprint density at radius 3 is 2.58 bits per heavy atom. The van der Waals surface area contributed by atoms with Crippen LogP contribution in [-0.4, -0.2) is 49.6 Å². The van der Waals surface area contributed by atoms with E-state index in [0.717, 1.165) is 0 Å². The van der Waals surface area contributed by atoms with Crippen LogP contribution in [0.25, 0.3) is 0 Å². The van der Waals surface area contributed by atoms with Crippen molar-refractivity contribution in [3.05, 3.63) is 6.33 Å². The highest BCUT2D eigenvalue weighted by molar-refractivity contribution is 7.91. The van der Waals surface area contributed by atoms with Gasteiger partial charge in [-0.1, -0.05) is 0 Å². The summed E-state index contributed by atoms with van der Waals surface area (Å²) in [6.45, 7) is 1.87. The van der Waals surface area contributed by atoms with E-state index in [4.69, 9.17) is 4.74 Å². The zero-order chi connectivity index (χ0) is 14.1. The van der Waals surface area contributed by atoms with E-state index in [0.29, 0.717) is 23.8 Å². The summed E-state index contributed by atoms with van der Waals surface area (Å²) in [4.78, 5) is 8.18. The zero-order valence-corrected chi connectivity index (χ0v) is 12.0. The number of nitrogens with zero attached hydrogens (tertiary/aromatic N) is 2. The van der Waals surface area contributed by atoms with E-state index >= 15 is 0 Å². The number of methoxy groups -OCH3 is 1. The quantitative estimate of drug-likeness (QED) is 0.833. The monoisotopic (exact) mass is 286 g/mol. The molecule has 1 atom stereocenters. The molecule has 0 radical (unpaired) electrons. The lowest BCUT2D eigenvalue weighted by Gasteiger charge is -2.25. The molecule has 0 aromatic carbocycles. The molecule has 1 fully saturated rings. The predicted molar refractivity (Wildman–Crippen MR) is 73.4 cm³/mol. The van der Waals surface area contributed by atoms with Crippen LogP contribution in [-0.2, 0) is 9.84 Å². The van der Waals surface area contributed by atoms with Gasteiger partial charge in [0.25, 0.3) is 0 Å². The van der Waals surface area contributed by atoms with Gasteiger partial charge >= 0.3 is 0 Å². The van der Waals surface area contributed by atoms with Gasteiger partial charge < -0.3 is 15.4 Å². The van der Waals surface area contributed by atoms with Crippen LogP contribution in [0.15, 0.2) is 6.33 Å². The second-order valence-corrected chi connectivity index (χ2v) is 7.07. The van der Waals surface area contributed by atoms with Crippen molar-refractivity contribution in [2.45, 2.75) is 18.9 Å². The molecule has 0 spiro atoms. The van der Waals surface area contributed by atoms with Crippen LogP contribution >= 0.6 is 0 Å². The highest BCUT2D eigenvalue weighted by Gasteiger charge is 2.39. The van der Waals surface area contributed by atoms with Crippen LogP contribution in [0, 0.1) is 0 Å². The third-order valence-corrected chi connectivity index (χ3v) is 5.07. The van der Waals surface area contributed by atoms with E-state index in [1.54, 1.807) is 7.05 Å². The minimum Gasteiger partial charge on any atom is -0.490 e. The smallest absolute Gasteiger partial charge is 0.204 e. The van der Waals surface area contributed by atoms with E-state index in [2.05, 4.69) is 20.6 Å². The summed E-state index contributed by atoms with van der Waals surface area (Å²) in [6.07, 6.45) is 1.96. The fourth-order valence-corrected chi connectivity index (χ4v) is 4.32. The van der Waals surface area contributed by atoms with Crippen molar-refractivity contribution in [2.75, 3.05) is 36.3 Å². The lowest BCUT2D eigenvalue weighted by molar-refractivity contribution is 0.412. The van der Waals surface area contributed by atoms with Gasteiger partial charge in [-0.15, -0.1) is 0 Å². The third kappa shape index (κ3) is 2.89. The molecule has 2 N–H and O–H groups in total. The Morgan fingerprint density at radius 2 is 2.05 bits per heavy atom. The number of anilines is 2. The van der Waals surface area contributed by atoms with Gasteiger partial charge in [-0.2, -0.15) is 0 Å². The lowest BCUT2D eigenvalue weighted by atomic mass is 10.0. The number of ether oxygens (including phenoxy) is 1. The van der Waals surface area contributed by atoms with Gasteiger partial charge in [-0.3, -0.25) is 0 Å². The van der Waals surface area contributed by atoms with E-state index in [1.807, 2.05) is 6.92 Å². The van der Waals surface area contributed by atoms with Crippen LogP contribution in [0.4, 0.5) is 11.6 Å². The van der Waals surface area contributed by atoms with Crippen LogP contribution in [0.5, 0.6) is 5.75 Å². The normalized spacial score (nSPS) is 25.0. The molecule has 1 aromatic heterocycles. The maximum absolute atomic E-state index is 11.6. The van der Waals surface area contributed by atoms with Crippen molar-refractivity contribution in [3.8, 4) is 5.75 Å². The maximum Gasteiger partial charge on any atom is 0.204 e. The summed E-state index contributed by atoms with van der Waals surface area (Å²) in [6, 6.07) is 0. The molecule has 1 aliphatic heterocycles. The first-order valence-electron chi connectivity index (χ1n) is 5.94. The first kappa shape index (κ1) is 13.9. The molecule has 106 valence electrons. The number of nitrogens with one attached hydrogen (secondary N) is 2. The third-order valence-electron chi connectivity index (χ3n) is 3.17. The average Bonchev–Trinajstić information content (AvgIpc) is 2.63. The Labute approximate surface area is 112 Å². The van der Waals surface area contributed by atoms with Gasteiger partial charge in [-0.05, 0) is 13.3 Å². The summed E-state index contributed by atoms with van der Waals surface area (Å²) in [5.74, 6) is 1.84. The lowest BCUT2D eigenvalue weighted by Crippen LogP contribution is -2.36. The van der Waals surface area contributed by atoms with Gasteiger partial charge in [0.1, 0.15) is 6.33 Å². The topological polar surface area (TPSA) is 93.2 Å². The fraction of sp³-hybridized carbons (Fsp3) is 0.636. The van der Waals surface area contributed by atoms with Crippen molar-refractivity contribution in [1.82, 2.24) is 9.97 Å². The van der Waals surface area contributed by atoms with Crippen LogP contribution in [0.2, 0.25) is 0 Å². The Balaban J connectivity index is 2.29. The first-order chi connectivity index (χ1) is 8.89. The highest BCUT2D eigenvalue weighted by atomic mass is 32.2. The predicted octanol–water partition coefficient (Wildman–Crippen LogP) is 0.516. The van der Waals surface area contributed by atoms with Crippen LogP contribution < -0.4 is 15.4 Å². The summed E-state index contributed by atoms with van der Waals surface area (Å²) < 4.78 is 28.5. The Hall–Kier alpha value is -1.57. The standard InChI is InChI=1S/C11H18N4O3S/c1-11(4-5-19(16,17)6-11)15-10-8(18-3)9(12-2)13-7-14-10/h7H,4-6H2,1-3H3,(H2,12,13,14,15). The summed E-state index contributed by atoms with van der Waals surface area (Å²) in [5, 5.41) is 6.08. The van der Waals surface area contributed by atoms with Crippen molar-refractivity contribution in [3.63, 3.8) is 0 Å². The number of sulfone groups is 1. The van der Waals surface area contributed by atoms with Crippen molar-refractivity contribution >= 4 is 21.5 Å². The molecule has 1 aliphatic rings. The Bertz CT molecular complexity index is 575. The number of hydrogen-bond donors (Lipinski definition) is 2. The van der Waals surface area contributed by atoms with E-state index in [1.165, 1.54) is 13.4 Å². The molecule has 7 nitrogen and oxygen atoms in total. The molecule has 1 saturated heterocycles.